The highest BCUT2D eigenvalue weighted by molar-refractivity contribution is 5.63. The van der Waals surface area contributed by atoms with Crippen LogP contribution in [0.5, 0.6) is 11.5 Å². The summed E-state index contributed by atoms with van der Waals surface area (Å²) in [6.45, 7) is 0.994. The molecule has 1 fully saturated rings. The molecule has 200 valence electrons. The van der Waals surface area contributed by atoms with E-state index in [4.69, 9.17) is 9.47 Å². The van der Waals surface area contributed by atoms with E-state index in [0.29, 0.717) is 12.0 Å². The number of likely N-dealkylation sites (N-methyl/N-ethyl adjacent to an activating group) is 1. The third-order valence-corrected chi connectivity index (χ3v) is 9.94. The first kappa shape index (κ1) is 24.0. The number of aliphatic hydroxyl groups is 1. The first-order valence-corrected chi connectivity index (χ1v) is 14.4. The highest BCUT2D eigenvalue weighted by Crippen LogP contribution is 2.63. The standard InChI is InChI=1S/C36H33NO3/c1-37-22-21-35-28-18-19-30(38)34(35)39-33-31(20-17-24(32(33)35)23-29(28)37)40-36(25-11-5-2-6-12-25,26-13-7-3-8-14-26)27-15-9-4-10-16-27/h2-20,28-30,34,38H,21-23H2,1H3/t28-,29+,30?,34?,35-/m0/s1. The lowest BCUT2D eigenvalue weighted by molar-refractivity contribution is -0.0456. The number of hydrogen-bond acceptors (Lipinski definition) is 4. The first-order valence-electron chi connectivity index (χ1n) is 14.4. The summed E-state index contributed by atoms with van der Waals surface area (Å²) in [6, 6.07) is 36.2. The van der Waals surface area contributed by atoms with Crippen molar-refractivity contribution in [2.45, 2.75) is 42.1 Å². The third-order valence-electron chi connectivity index (χ3n) is 9.94. The Hall–Kier alpha value is -3.86. The zero-order chi connectivity index (χ0) is 26.9. The number of nitrogens with zero attached hydrogens (tertiary/aromatic N) is 1. The summed E-state index contributed by atoms with van der Waals surface area (Å²) in [5.41, 5.74) is 4.59. The SMILES string of the molecule is CN1CC[C@]23c4c5ccc(OC(c6ccccc6)(c6ccccc6)c6ccccc6)c4OC2C(O)C=C[C@H]3[C@H]1C5. The molecule has 1 saturated heterocycles. The van der Waals surface area contributed by atoms with Crippen molar-refractivity contribution >= 4 is 0 Å². The van der Waals surface area contributed by atoms with Gasteiger partial charge in [-0.15, -0.1) is 0 Å². The topological polar surface area (TPSA) is 41.9 Å². The van der Waals surface area contributed by atoms with Gasteiger partial charge in [0.2, 0.25) is 0 Å². The van der Waals surface area contributed by atoms with Gasteiger partial charge >= 0.3 is 0 Å². The zero-order valence-electron chi connectivity index (χ0n) is 22.6. The molecule has 0 amide bonds. The monoisotopic (exact) mass is 527 g/mol. The second-order valence-electron chi connectivity index (χ2n) is 11.8. The van der Waals surface area contributed by atoms with E-state index in [1.807, 2.05) is 24.3 Å². The van der Waals surface area contributed by atoms with Crippen LogP contribution >= 0.6 is 0 Å². The van der Waals surface area contributed by atoms with Gasteiger partial charge < -0.3 is 19.5 Å². The van der Waals surface area contributed by atoms with Gasteiger partial charge in [-0.3, -0.25) is 0 Å². The molecule has 4 heteroatoms. The molecule has 2 unspecified atom stereocenters. The normalized spacial score (nSPS) is 28.1. The second kappa shape index (κ2) is 8.82. The van der Waals surface area contributed by atoms with Crippen LogP contribution in [0.25, 0.3) is 0 Å². The maximum absolute atomic E-state index is 11.2. The van der Waals surface area contributed by atoms with E-state index in [9.17, 15) is 5.11 Å². The molecule has 40 heavy (non-hydrogen) atoms. The molecule has 0 aromatic heterocycles. The Kier molecular flexibility index (Phi) is 5.29. The predicted molar refractivity (Wildman–Crippen MR) is 156 cm³/mol. The Morgan fingerprint density at radius 1 is 0.825 bits per heavy atom. The van der Waals surface area contributed by atoms with Gasteiger partial charge in [-0.25, -0.2) is 0 Å². The van der Waals surface area contributed by atoms with E-state index in [0.717, 1.165) is 47.6 Å². The molecule has 4 nitrogen and oxygen atoms in total. The molecule has 2 aliphatic heterocycles. The van der Waals surface area contributed by atoms with Crippen LogP contribution in [0.2, 0.25) is 0 Å². The molecule has 2 aliphatic carbocycles. The van der Waals surface area contributed by atoms with Crippen LogP contribution in [0.1, 0.15) is 34.2 Å². The summed E-state index contributed by atoms with van der Waals surface area (Å²) in [4.78, 5) is 2.49. The quantitative estimate of drug-likeness (QED) is 0.261. The molecule has 0 radical (unpaired) electrons. The van der Waals surface area contributed by atoms with Crippen molar-refractivity contribution in [2.24, 2.45) is 5.92 Å². The molecular formula is C36H33NO3. The summed E-state index contributed by atoms with van der Waals surface area (Å²) in [6.07, 6.45) is 5.20. The Bertz CT molecular complexity index is 1490. The van der Waals surface area contributed by atoms with E-state index in [1.54, 1.807) is 0 Å². The Morgan fingerprint density at radius 2 is 1.43 bits per heavy atom. The lowest BCUT2D eigenvalue weighted by Gasteiger charge is -2.56. The third kappa shape index (κ3) is 3.15. The summed E-state index contributed by atoms with van der Waals surface area (Å²) >= 11 is 0. The van der Waals surface area contributed by atoms with Crippen LogP contribution in [0, 0.1) is 5.92 Å². The fraction of sp³-hybridized carbons (Fsp3) is 0.278. The average molecular weight is 528 g/mol. The minimum atomic E-state index is -0.899. The van der Waals surface area contributed by atoms with E-state index >= 15 is 0 Å². The lowest BCUT2D eigenvalue weighted by atomic mass is 9.53. The van der Waals surface area contributed by atoms with E-state index in [-0.39, 0.29) is 11.5 Å². The van der Waals surface area contributed by atoms with Crippen molar-refractivity contribution in [3.63, 3.8) is 0 Å². The zero-order valence-corrected chi connectivity index (χ0v) is 22.6. The average Bonchev–Trinajstić information content (AvgIpc) is 3.37. The molecule has 4 aliphatic rings. The number of likely N-dealkylation sites (tertiary alicyclic amines) is 1. The number of benzene rings is 4. The molecule has 1 N–H and O–H groups in total. The molecular weight excluding hydrogens is 494 g/mol. The minimum Gasteiger partial charge on any atom is -0.482 e. The van der Waals surface area contributed by atoms with Crippen molar-refractivity contribution in [1.82, 2.24) is 4.90 Å². The first-order chi connectivity index (χ1) is 19.6. The van der Waals surface area contributed by atoms with Crippen molar-refractivity contribution in [3.05, 3.63) is 143 Å². The Labute approximate surface area is 235 Å². The van der Waals surface area contributed by atoms with Crippen molar-refractivity contribution < 1.29 is 14.6 Å². The lowest BCUT2D eigenvalue weighted by Crippen LogP contribution is -2.64. The van der Waals surface area contributed by atoms with Crippen LogP contribution in [0.3, 0.4) is 0 Å². The Balaban J connectivity index is 1.36. The van der Waals surface area contributed by atoms with E-state index < -0.39 is 11.7 Å². The summed E-state index contributed by atoms with van der Waals surface area (Å²) in [5, 5.41) is 11.2. The second-order valence-corrected chi connectivity index (χ2v) is 11.8. The number of aliphatic hydroxyl groups excluding tert-OH is 1. The smallest absolute Gasteiger partial charge is 0.184 e. The molecule has 4 aromatic carbocycles. The van der Waals surface area contributed by atoms with Crippen LogP contribution in [-0.2, 0) is 17.4 Å². The molecule has 2 bridgehead atoms. The predicted octanol–water partition coefficient (Wildman–Crippen LogP) is 5.86. The summed E-state index contributed by atoms with van der Waals surface area (Å²) < 4.78 is 14.2. The maximum Gasteiger partial charge on any atom is 0.184 e. The van der Waals surface area contributed by atoms with Crippen molar-refractivity contribution in [1.29, 1.82) is 0 Å². The van der Waals surface area contributed by atoms with Gasteiger partial charge in [0.15, 0.2) is 17.1 Å². The fourth-order valence-electron chi connectivity index (χ4n) is 8.17. The number of piperidine rings is 1. The highest BCUT2D eigenvalue weighted by Gasteiger charge is 2.64. The number of ether oxygens (including phenoxy) is 2. The van der Waals surface area contributed by atoms with Gasteiger partial charge in [-0.05, 0) is 38.1 Å². The van der Waals surface area contributed by atoms with Gasteiger partial charge in [0.1, 0.15) is 12.2 Å². The van der Waals surface area contributed by atoms with Gasteiger partial charge in [-0.2, -0.15) is 0 Å². The van der Waals surface area contributed by atoms with Crippen LogP contribution < -0.4 is 9.47 Å². The molecule has 0 saturated carbocycles. The molecule has 8 rings (SSSR count). The molecule has 2 heterocycles. The van der Waals surface area contributed by atoms with Crippen LogP contribution in [0.15, 0.2) is 115 Å². The van der Waals surface area contributed by atoms with Gasteiger partial charge in [0.05, 0.1) is 0 Å². The van der Waals surface area contributed by atoms with E-state index in [2.05, 4.69) is 103 Å². The summed E-state index contributed by atoms with van der Waals surface area (Å²) in [7, 11) is 2.23. The van der Waals surface area contributed by atoms with E-state index in [1.165, 1.54) is 11.1 Å². The van der Waals surface area contributed by atoms with Crippen molar-refractivity contribution in [3.8, 4) is 11.5 Å². The maximum atomic E-state index is 11.2. The van der Waals surface area contributed by atoms with Gasteiger partial charge in [0, 0.05) is 39.6 Å². The largest absolute Gasteiger partial charge is 0.482 e. The summed E-state index contributed by atoms with van der Waals surface area (Å²) in [5.74, 6) is 1.85. The molecule has 1 spiro atoms. The van der Waals surface area contributed by atoms with Gasteiger partial charge in [-0.1, -0.05) is 109 Å². The van der Waals surface area contributed by atoms with Gasteiger partial charge in [0.25, 0.3) is 0 Å². The fourth-order valence-corrected chi connectivity index (χ4v) is 8.17. The molecule has 5 atom stereocenters. The highest BCUT2D eigenvalue weighted by atomic mass is 16.5. The number of rotatable bonds is 5. The molecule has 4 aromatic rings. The van der Waals surface area contributed by atoms with Crippen molar-refractivity contribution in [2.75, 3.05) is 13.6 Å². The minimum absolute atomic E-state index is 0.234. The van der Waals surface area contributed by atoms with Crippen LogP contribution in [-0.4, -0.2) is 41.8 Å². The Morgan fingerprint density at radius 3 is 2.02 bits per heavy atom. The number of hydrogen-bond donors (Lipinski definition) is 1. The van der Waals surface area contributed by atoms with Crippen LogP contribution in [0.4, 0.5) is 0 Å².